The predicted molar refractivity (Wildman–Crippen MR) is 106 cm³/mol. The van der Waals surface area contributed by atoms with Crippen LogP contribution in [0, 0.1) is 0 Å². The van der Waals surface area contributed by atoms with Crippen LogP contribution in [-0.4, -0.2) is 40.9 Å². The highest BCUT2D eigenvalue weighted by Crippen LogP contribution is 2.26. The molecule has 0 bridgehead atoms. The summed E-state index contributed by atoms with van der Waals surface area (Å²) in [7, 11) is -3.01. The van der Waals surface area contributed by atoms with Gasteiger partial charge in [0.05, 0.1) is 12.3 Å². The maximum Gasteiger partial charge on any atom is 0.191 e. The summed E-state index contributed by atoms with van der Waals surface area (Å²) in [5, 5.41) is 9.96. The zero-order valence-corrected chi connectivity index (χ0v) is 16.6. The van der Waals surface area contributed by atoms with Gasteiger partial charge in [0.25, 0.3) is 0 Å². The van der Waals surface area contributed by atoms with Crippen LogP contribution in [0.25, 0.3) is 11.4 Å². The van der Waals surface area contributed by atoms with E-state index < -0.39 is 9.84 Å². The largest absolute Gasteiger partial charge is 0.298 e. The summed E-state index contributed by atoms with van der Waals surface area (Å²) in [6.45, 7) is 0.604. The standard InChI is InChI=1S/C18H18ClN3O2S2/c1-26(23,24)12-11-25-18-21-20-17(15-7-9-16(19)10-8-15)22(18)13-14-5-3-2-4-6-14/h2-10H,11-13H2,1H3. The molecule has 0 aliphatic carbocycles. The van der Waals surface area contributed by atoms with Crippen molar-refractivity contribution in [3.63, 3.8) is 0 Å². The first kappa shape index (κ1) is 18.9. The second-order valence-electron chi connectivity index (χ2n) is 5.86. The van der Waals surface area contributed by atoms with Crippen molar-refractivity contribution in [2.45, 2.75) is 11.7 Å². The Bertz CT molecular complexity index is 971. The van der Waals surface area contributed by atoms with Gasteiger partial charge in [0.2, 0.25) is 0 Å². The lowest BCUT2D eigenvalue weighted by Crippen LogP contribution is -2.08. The molecule has 0 saturated carbocycles. The smallest absolute Gasteiger partial charge is 0.191 e. The fourth-order valence-electron chi connectivity index (χ4n) is 2.40. The van der Waals surface area contributed by atoms with Gasteiger partial charge in [-0.05, 0) is 29.8 Å². The molecule has 8 heteroatoms. The highest BCUT2D eigenvalue weighted by molar-refractivity contribution is 8.00. The van der Waals surface area contributed by atoms with Crippen LogP contribution in [-0.2, 0) is 16.4 Å². The fraction of sp³-hybridized carbons (Fsp3) is 0.222. The predicted octanol–water partition coefficient (Wildman–Crippen LogP) is 3.78. The van der Waals surface area contributed by atoms with Gasteiger partial charge in [-0.1, -0.05) is 53.7 Å². The normalized spacial score (nSPS) is 11.6. The van der Waals surface area contributed by atoms with Crippen LogP contribution in [0.3, 0.4) is 0 Å². The van der Waals surface area contributed by atoms with Gasteiger partial charge in [0.1, 0.15) is 9.84 Å². The summed E-state index contributed by atoms with van der Waals surface area (Å²) < 4.78 is 24.8. The molecule has 1 aromatic heterocycles. The van der Waals surface area contributed by atoms with E-state index in [1.165, 1.54) is 18.0 Å². The van der Waals surface area contributed by atoms with Gasteiger partial charge in [-0.25, -0.2) is 8.42 Å². The van der Waals surface area contributed by atoms with Crippen LogP contribution in [0.5, 0.6) is 0 Å². The average Bonchev–Trinajstić information content (AvgIpc) is 2.98. The molecule has 3 rings (SSSR count). The van der Waals surface area contributed by atoms with Crippen molar-refractivity contribution in [1.82, 2.24) is 14.8 Å². The molecule has 0 aliphatic rings. The Morgan fingerprint density at radius 2 is 1.73 bits per heavy atom. The monoisotopic (exact) mass is 407 g/mol. The Hall–Kier alpha value is -1.83. The second kappa shape index (κ2) is 8.24. The van der Waals surface area contributed by atoms with Gasteiger partial charge in [0.15, 0.2) is 11.0 Å². The third kappa shape index (κ3) is 5.09. The minimum atomic E-state index is -3.01. The van der Waals surface area contributed by atoms with Gasteiger partial charge >= 0.3 is 0 Å². The van der Waals surface area contributed by atoms with E-state index >= 15 is 0 Å². The maximum absolute atomic E-state index is 11.4. The molecule has 2 aromatic carbocycles. The Morgan fingerprint density at radius 1 is 1.04 bits per heavy atom. The number of aromatic nitrogens is 3. The third-order valence-corrected chi connectivity index (χ3v) is 6.11. The van der Waals surface area contributed by atoms with E-state index in [0.717, 1.165) is 17.0 Å². The first-order valence-electron chi connectivity index (χ1n) is 7.96. The molecule has 0 N–H and O–H groups in total. The minimum absolute atomic E-state index is 0.103. The molecule has 26 heavy (non-hydrogen) atoms. The lowest BCUT2D eigenvalue weighted by molar-refractivity contribution is 0.603. The number of halogens is 1. The zero-order chi connectivity index (χ0) is 18.6. The van der Waals surface area contributed by atoms with Crippen molar-refractivity contribution in [1.29, 1.82) is 0 Å². The first-order chi connectivity index (χ1) is 12.4. The summed E-state index contributed by atoms with van der Waals surface area (Å²) >= 11 is 7.38. The number of rotatable bonds is 7. The van der Waals surface area contributed by atoms with Crippen molar-refractivity contribution in [2.24, 2.45) is 0 Å². The SMILES string of the molecule is CS(=O)(=O)CCSc1nnc(-c2ccc(Cl)cc2)n1Cc1ccccc1. The topological polar surface area (TPSA) is 64.8 Å². The van der Waals surface area contributed by atoms with E-state index in [1.807, 2.05) is 59.2 Å². The van der Waals surface area contributed by atoms with Crippen LogP contribution in [0.15, 0.2) is 59.8 Å². The highest BCUT2D eigenvalue weighted by atomic mass is 35.5. The van der Waals surface area contributed by atoms with Gasteiger partial charge in [-0.2, -0.15) is 0 Å². The fourth-order valence-corrected chi connectivity index (χ4v) is 4.66. The molecule has 0 aliphatic heterocycles. The number of hydrogen-bond acceptors (Lipinski definition) is 5. The minimum Gasteiger partial charge on any atom is -0.298 e. The molecule has 0 saturated heterocycles. The summed E-state index contributed by atoms with van der Waals surface area (Å²) in [6.07, 6.45) is 1.24. The molecule has 0 atom stereocenters. The van der Waals surface area contributed by atoms with Crippen LogP contribution in [0.1, 0.15) is 5.56 Å². The van der Waals surface area contributed by atoms with Gasteiger partial charge in [-0.3, -0.25) is 4.57 Å². The van der Waals surface area contributed by atoms with Crippen LogP contribution >= 0.6 is 23.4 Å². The number of hydrogen-bond donors (Lipinski definition) is 0. The molecule has 1 heterocycles. The van der Waals surface area contributed by atoms with Gasteiger partial charge in [-0.15, -0.1) is 10.2 Å². The summed E-state index contributed by atoms with van der Waals surface area (Å²) in [5.41, 5.74) is 2.03. The molecular weight excluding hydrogens is 390 g/mol. The summed E-state index contributed by atoms with van der Waals surface area (Å²) in [5.74, 6) is 1.27. The number of thioether (sulfide) groups is 1. The zero-order valence-electron chi connectivity index (χ0n) is 14.2. The van der Waals surface area contributed by atoms with E-state index in [1.54, 1.807) is 0 Å². The van der Waals surface area contributed by atoms with Gasteiger partial charge in [0, 0.05) is 22.6 Å². The Balaban J connectivity index is 1.92. The number of sulfone groups is 1. The van der Waals surface area contributed by atoms with E-state index in [-0.39, 0.29) is 5.75 Å². The van der Waals surface area contributed by atoms with Crippen LogP contribution in [0.4, 0.5) is 0 Å². The van der Waals surface area contributed by atoms with Crippen LogP contribution in [0.2, 0.25) is 5.02 Å². The molecule has 0 spiro atoms. The van der Waals surface area contributed by atoms with Crippen molar-refractivity contribution >= 4 is 33.2 Å². The average molecular weight is 408 g/mol. The molecule has 3 aromatic rings. The first-order valence-corrected chi connectivity index (χ1v) is 11.4. The second-order valence-corrected chi connectivity index (χ2v) is 9.62. The highest BCUT2D eigenvalue weighted by Gasteiger charge is 2.15. The molecule has 0 radical (unpaired) electrons. The Kier molecular flexibility index (Phi) is 6.01. The lowest BCUT2D eigenvalue weighted by Gasteiger charge is -2.10. The van der Waals surface area contributed by atoms with Crippen molar-refractivity contribution in [2.75, 3.05) is 17.8 Å². The quantitative estimate of drug-likeness (QED) is 0.557. The molecule has 5 nitrogen and oxygen atoms in total. The number of benzene rings is 2. The Morgan fingerprint density at radius 3 is 2.38 bits per heavy atom. The molecule has 0 fully saturated rings. The Labute approximate surface area is 162 Å². The summed E-state index contributed by atoms with van der Waals surface area (Å²) in [4.78, 5) is 0. The van der Waals surface area contributed by atoms with Crippen LogP contribution < -0.4 is 0 Å². The van der Waals surface area contributed by atoms with Crippen molar-refractivity contribution < 1.29 is 8.42 Å². The van der Waals surface area contributed by atoms with E-state index in [0.29, 0.717) is 22.5 Å². The van der Waals surface area contributed by atoms with E-state index in [2.05, 4.69) is 10.2 Å². The van der Waals surface area contributed by atoms with E-state index in [4.69, 9.17) is 11.6 Å². The third-order valence-electron chi connectivity index (χ3n) is 3.69. The number of nitrogens with zero attached hydrogens (tertiary/aromatic N) is 3. The molecule has 136 valence electrons. The summed E-state index contributed by atoms with van der Waals surface area (Å²) in [6, 6.07) is 17.4. The molecular formula is C18H18ClN3O2S2. The van der Waals surface area contributed by atoms with Crippen molar-refractivity contribution in [3.05, 3.63) is 65.2 Å². The van der Waals surface area contributed by atoms with Gasteiger partial charge < -0.3 is 0 Å². The van der Waals surface area contributed by atoms with Crippen molar-refractivity contribution in [3.8, 4) is 11.4 Å². The van der Waals surface area contributed by atoms with E-state index in [9.17, 15) is 8.42 Å². The maximum atomic E-state index is 11.4. The molecule has 0 unspecified atom stereocenters. The lowest BCUT2D eigenvalue weighted by atomic mass is 10.2. The molecule has 0 amide bonds.